The topological polar surface area (TPSA) is 35.5 Å². The van der Waals surface area contributed by atoms with E-state index in [-0.39, 0.29) is 18.6 Å². The third kappa shape index (κ3) is 6.56. The zero-order chi connectivity index (χ0) is 14.0. The average molecular weight is 268 g/mol. The van der Waals surface area contributed by atoms with Crippen LogP contribution in [-0.2, 0) is 0 Å². The van der Waals surface area contributed by atoms with E-state index < -0.39 is 18.3 Å². The lowest BCUT2D eigenvalue weighted by molar-refractivity contribution is -0.153. The molecule has 18 heavy (non-hydrogen) atoms. The third-order valence-electron chi connectivity index (χ3n) is 2.88. The Kier molecular flexibility index (Phi) is 5.03. The van der Waals surface area contributed by atoms with Gasteiger partial charge in [0.05, 0.1) is 12.1 Å². The van der Waals surface area contributed by atoms with Crippen molar-refractivity contribution in [3.63, 3.8) is 0 Å². The molecule has 0 bridgehead atoms. The SMILES string of the molecule is CC(C)NCC(C)(O)CN(CC(F)(F)F)C1CC1. The second-order valence-corrected chi connectivity index (χ2v) is 5.78. The van der Waals surface area contributed by atoms with Gasteiger partial charge in [-0.25, -0.2) is 0 Å². The highest BCUT2D eigenvalue weighted by Gasteiger charge is 2.40. The lowest BCUT2D eigenvalue weighted by atomic mass is 10.1. The lowest BCUT2D eigenvalue weighted by Gasteiger charge is -2.33. The van der Waals surface area contributed by atoms with Crippen LogP contribution in [0.3, 0.4) is 0 Å². The Hall–Kier alpha value is -0.330. The van der Waals surface area contributed by atoms with Crippen molar-refractivity contribution in [3.8, 4) is 0 Å². The van der Waals surface area contributed by atoms with Gasteiger partial charge in [0, 0.05) is 25.2 Å². The van der Waals surface area contributed by atoms with Gasteiger partial charge in [-0.1, -0.05) is 13.8 Å². The molecule has 3 nitrogen and oxygen atoms in total. The van der Waals surface area contributed by atoms with Gasteiger partial charge in [-0.15, -0.1) is 0 Å². The van der Waals surface area contributed by atoms with Crippen LogP contribution < -0.4 is 5.32 Å². The first-order valence-corrected chi connectivity index (χ1v) is 6.36. The normalized spacial score (nSPS) is 20.5. The number of hydrogen-bond acceptors (Lipinski definition) is 3. The summed E-state index contributed by atoms with van der Waals surface area (Å²) in [4.78, 5) is 1.35. The molecule has 0 aliphatic heterocycles. The molecule has 1 saturated carbocycles. The molecule has 0 aromatic rings. The minimum absolute atomic E-state index is 0.0165. The van der Waals surface area contributed by atoms with Crippen LogP contribution in [-0.4, -0.2) is 53.5 Å². The van der Waals surface area contributed by atoms with E-state index in [0.29, 0.717) is 6.54 Å². The Morgan fingerprint density at radius 1 is 1.28 bits per heavy atom. The first kappa shape index (κ1) is 15.7. The summed E-state index contributed by atoms with van der Waals surface area (Å²) < 4.78 is 37.3. The third-order valence-corrected chi connectivity index (χ3v) is 2.88. The fourth-order valence-electron chi connectivity index (χ4n) is 1.90. The molecule has 0 heterocycles. The molecule has 1 rings (SSSR count). The van der Waals surface area contributed by atoms with Crippen LogP contribution in [0, 0.1) is 0 Å². The lowest BCUT2D eigenvalue weighted by Crippen LogP contribution is -2.51. The van der Waals surface area contributed by atoms with Crippen LogP contribution in [0.25, 0.3) is 0 Å². The fraction of sp³-hybridized carbons (Fsp3) is 1.00. The standard InChI is InChI=1S/C12H23F3N2O/c1-9(2)16-6-11(3,18)7-17(10-4-5-10)8-12(13,14)15/h9-10,16,18H,4-8H2,1-3H3. The number of hydrogen-bond donors (Lipinski definition) is 2. The molecule has 0 aromatic heterocycles. The zero-order valence-corrected chi connectivity index (χ0v) is 11.2. The number of rotatable bonds is 7. The Labute approximate surface area is 106 Å². The summed E-state index contributed by atoms with van der Waals surface area (Å²) in [6.07, 6.45) is -2.61. The molecule has 6 heteroatoms. The molecule has 1 aliphatic carbocycles. The summed E-state index contributed by atoms with van der Waals surface area (Å²) in [5.41, 5.74) is -1.14. The van der Waals surface area contributed by atoms with E-state index in [1.165, 1.54) is 4.90 Å². The monoisotopic (exact) mass is 268 g/mol. The quantitative estimate of drug-likeness (QED) is 0.738. The largest absolute Gasteiger partial charge is 0.401 e. The summed E-state index contributed by atoms with van der Waals surface area (Å²) in [6.45, 7) is 4.86. The summed E-state index contributed by atoms with van der Waals surface area (Å²) in [7, 11) is 0. The maximum Gasteiger partial charge on any atom is 0.401 e. The highest BCUT2D eigenvalue weighted by Crippen LogP contribution is 2.31. The predicted molar refractivity (Wildman–Crippen MR) is 64.4 cm³/mol. The van der Waals surface area contributed by atoms with Gasteiger partial charge >= 0.3 is 6.18 Å². The molecule has 0 saturated heterocycles. The van der Waals surface area contributed by atoms with Crippen LogP contribution in [0.5, 0.6) is 0 Å². The number of aliphatic hydroxyl groups is 1. The van der Waals surface area contributed by atoms with Crippen molar-refractivity contribution in [1.82, 2.24) is 10.2 Å². The van der Waals surface area contributed by atoms with Crippen LogP contribution in [0.2, 0.25) is 0 Å². The molecule has 1 unspecified atom stereocenters. The Bertz CT molecular complexity index is 263. The van der Waals surface area contributed by atoms with Gasteiger partial charge < -0.3 is 10.4 Å². The van der Waals surface area contributed by atoms with E-state index in [1.54, 1.807) is 6.92 Å². The molecule has 0 amide bonds. The summed E-state index contributed by atoms with van der Waals surface area (Å²) in [5, 5.41) is 13.2. The van der Waals surface area contributed by atoms with E-state index in [0.717, 1.165) is 12.8 Å². The molecular formula is C12H23F3N2O. The molecule has 1 fully saturated rings. The smallest absolute Gasteiger partial charge is 0.388 e. The molecule has 108 valence electrons. The van der Waals surface area contributed by atoms with Crippen LogP contribution >= 0.6 is 0 Å². The second kappa shape index (κ2) is 5.75. The minimum Gasteiger partial charge on any atom is -0.388 e. The minimum atomic E-state index is -4.20. The summed E-state index contributed by atoms with van der Waals surface area (Å²) >= 11 is 0. The Morgan fingerprint density at radius 3 is 2.22 bits per heavy atom. The zero-order valence-electron chi connectivity index (χ0n) is 11.2. The van der Waals surface area contributed by atoms with Crippen molar-refractivity contribution in [1.29, 1.82) is 0 Å². The van der Waals surface area contributed by atoms with Gasteiger partial charge in [-0.05, 0) is 19.8 Å². The number of halogens is 3. The van der Waals surface area contributed by atoms with Crippen LogP contribution in [0.15, 0.2) is 0 Å². The first-order valence-electron chi connectivity index (χ1n) is 6.36. The summed E-state index contributed by atoms with van der Waals surface area (Å²) in [6, 6.07) is 0.186. The second-order valence-electron chi connectivity index (χ2n) is 5.78. The predicted octanol–water partition coefficient (Wildman–Crippen LogP) is 1.76. The van der Waals surface area contributed by atoms with Crippen molar-refractivity contribution in [2.24, 2.45) is 0 Å². The molecule has 0 radical (unpaired) electrons. The fourth-order valence-corrected chi connectivity index (χ4v) is 1.90. The molecule has 0 spiro atoms. The Morgan fingerprint density at radius 2 is 1.83 bits per heavy atom. The molecule has 1 aliphatic rings. The maximum absolute atomic E-state index is 12.4. The average Bonchev–Trinajstić information content (AvgIpc) is 2.94. The van der Waals surface area contributed by atoms with Gasteiger partial charge in [-0.2, -0.15) is 13.2 Å². The van der Waals surface area contributed by atoms with Crippen molar-refractivity contribution < 1.29 is 18.3 Å². The van der Waals surface area contributed by atoms with E-state index in [9.17, 15) is 18.3 Å². The van der Waals surface area contributed by atoms with Crippen LogP contribution in [0.1, 0.15) is 33.6 Å². The highest BCUT2D eigenvalue weighted by atomic mass is 19.4. The number of nitrogens with one attached hydrogen (secondary N) is 1. The van der Waals surface area contributed by atoms with E-state index >= 15 is 0 Å². The van der Waals surface area contributed by atoms with Gasteiger partial charge in [-0.3, -0.25) is 4.90 Å². The molecule has 0 aromatic carbocycles. The van der Waals surface area contributed by atoms with Crippen molar-refractivity contribution in [2.75, 3.05) is 19.6 Å². The highest BCUT2D eigenvalue weighted by molar-refractivity contribution is 4.91. The molecule has 2 N–H and O–H groups in total. The van der Waals surface area contributed by atoms with Crippen LogP contribution in [0.4, 0.5) is 13.2 Å². The van der Waals surface area contributed by atoms with Gasteiger partial charge in [0.2, 0.25) is 0 Å². The number of alkyl halides is 3. The molecular weight excluding hydrogens is 245 g/mol. The van der Waals surface area contributed by atoms with E-state index in [2.05, 4.69) is 5.32 Å². The van der Waals surface area contributed by atoms with Crippen molar-refractivity contribution >= 4 is 0 Å². The van der Waals surface area contributed by atoms with E-state index in [4.69, 9.17) is 0 Å². The van der Waals surface area contributed by atoms with Crippen molar-refractivity contribution in [3.05, 3.63) is 0 Å². The van der Waals surface area contributed by atoms with Gasteiger partial charge in [0.15, 0.2) is 0 Å². The van der Waals surface area contributed by atoms with Gasteiger partial charge in [0.1, 0.15) is 0 Å². The van der Waals surface area contributed by atoms with Crippen molar-refractivity contribution in [2.45, 2.75) is 57.5 Å². The summed E-state index contributed by atoms with van der Waals surface area (Å²) in [5.74, 6) is 0. The maximum atomic E-state index is 12.4. The first-order chi connectivity index (χ1) is 8.09. The number of nitrogens with zero attached hydrogens (tertiary/aromatic N) is 1. The van der Waals surface area contributed by atoms with E-state index in [1.807, 2.05) is 13.8 Å². The Balaban J connectivity index is 2.49. The van der Waals surface area contributed by atoms with Gasteiger partial charge in [0.25, 0.3) is 0 Å². The molecule has 1 atom stereocenters.